The molecule has 0 aliphatic rings. The van der Waals surface area contributed by atoms with Crippen molar-refractivity contribution in [2.75, 3.05) is 6.61 Å². The summed E-state index contributed by atoms with van der Waals surface area (Å²) in [5.74, 6) is -0.690. The SMILES string of the molecule is CCC(CC)(C(=O)OCC(C)C)C(=O)OC(C)C. The summed E-state index contributed by atoms with van der Waals surface area (Å²) >= 11 is 0. The van der Waals surface area contributed by atoms with Crippen LogP contribution in [0.2, 0.25) is 0 Å². The molecule has 0 atom stereocenters. The minimum Gasteiger partial charge on any atom is -0.465 e. The van der Waals surface area contributed by atoms with Crippen molar-refractivity contribution in [1.82, 2.24) is 0 Å². The minimum absolute atomic E-state index is 0.229. The molecule has 4 nitrogen and oxygen atoms in total. The van der Waals surface area contributed by atoms with Crippen LogP contribution in [0, 0.1) is 11.3 Å². The Morgan fingerprint density at radius 3 is 1.83 bits per heavy atom. The molecule has 106 valence electrons. The summed E-state index contributed by atoms with van der Waals surface area (Å²) in [4.78, 5) is 24.2. The van der Waals surface area contributed by atoms with Crippen molar-refractivity contribution in [3.8, 4) is 0 Å². The fourth-order valence-corrected chi connectivity index (χ4v) is 1.62. The van der Waals surface area contributed by atoms with Gasteiger partial charge in [0.25, 0.3) is 0 Å². The average molecular weight is 258 g/mol. The van der Waals surface area contributed by atoms with Crippen molar-refractivity contribution in [3.63, 3.8) is 0 Å². The van der Waals surface area contributed by atoms with Gasteiger partial charge in [-0.15, -0.1) is 0 Å². The van der Waals surface area contributed by atoms with Crippen LogP contribution in [-0.4, -0.2) is 24.6 Å². The third-order valence-electron chi connectivity index (χ3n) is 2.88. The van der Waals surface area contributed by atoms with Crippen LogP contribution >= 0.6 is 0 Å². The largest absolute Gasteiger partial charge is 0.465 e. The van der Waals surface area contributed by atoms with Gasteiger partial charge in [0.1, 0.15) is 0 Å². The van der Waals surface area contributed by atoms with Crippen LogP contribution in [0.5, 0.6) is 0 Å². The molecule has 0 rings (SSSR count). The van der Waals surface area contributed by atoms with Gasteiger partial charge in [0.2, 0.25) is 0 Å². The molecule has 0 heterocycles. The van der Waals surface area contributed by atoms with Gasteiger partial charge in [0.05, 0.1) is 12.7 Å². The molecule has 0 radical (unpaired) electrons. The van der Waals surface area contributed by atoms with Crippen molar-refractivity contribution >= 4 is 11.9 Å². The maximum Gasteiger partial charge on any atom is 0.323 e. The number of hydrogen-bond acceptors (Lipinski definition) is 4. The Balaban J connectivity index is 4.89. The van der Waals surface area contributed by atoms with Gasteiger partial charge >= 0.3 is 11.9 Å². The number of carbonyl (C=O) groups excluding carboxylic acids is 2. The lowest BCUT2D eigenvalue weighted by Crippen LogP contribution is -2.42. The van der Waals surface area contributed by atoms with E-state index in [1.165, 1.54) is 0 Å². The Morgan fingerprint density at radius 1 is 1.00 bits per heavy atom. The van der Waals surface area contributed by atoms with E-state index in [4.69, 9.17) is 9.47 Å². The summed E-state index contributed by atoms with van der Waals surface area (Å²) in [6, 6.07) is 0. The highest BCUT2D eigenvalue weighted by Crippen LogP contribution is 2.30. The van der Waals surface area contributed by atoms with E-state index in [9.17, 15) is 9.59 Å². The normalized spacial score (nSPS) is 11.8. The van der Waals surface area contributed by atoms with E-state index in [-0.39, 0.29) is 12.0 Å². The van der Waals surface area contributed by atoms with E-state index in [0.29, 0.717) is 19.4 Å². The van der Waals surface area contributed by atoms with E-state index >= 15 is 0 Å². The summed E-state index contributed by atoms with van der Waals surface area (Å²) < 4.78 is 10.4. The van der Waals surface area contributed by atoms with Gasteiger partial charge in [-0.25, -0.2) is 0 Å². The maximum atomic E-state index is 12.1. The molecule has 0 spiro atoms. The first-order chi connectivity index (χ1) is 8.30. The van der Waals surface area contributed by atoms with Gasteiger partial charge in [-0.2, -0.15) is 0 Å². The third-order valence-corrected chi connectivity index (χ3v) is 2.88. The van der Waals surface area contributed by atoms with Crippen LogP contribution in [0.4, 0.5) is 0 Å². The van der Waals surface area contributed by atoms with Crippen molar-refractivity contribution in [2.45, 2.75) is 60.5 Å². The molecule has 18 heavy (non-hydrogen) atoms. The van der Waals surface area contributed by atoms with E-state index in [1.807, 2.05) is 27.7 Å². The molecule has 0 aliphatic carbocycles. The van der Waals surface area contributed by atoms with Crippen LogP contribution < -0.4 is 0 Å². The van der Waals surface area contributed by atoms with Crippen molar-refractivity contribution in [2.24, 2.45) is 11.3 Å². The van der Waals surface area contributed by atoms with Gasteiger partial charge in [-0.05, 0) is 32.6 Å². The number of ether oxygens (including phenoxy) is 2. The summed E-state index contributed by atoms with van der Waals surface area (Å²) in [5.41, 5.74) is -1.15. The standard InChI is InChI=1S/C14H26O4/c1-7-14(8-2,13(16)18-11(5)6)12(15)17-9-10(3)4/h10-11H,7-9H2,1-6H3. The molecule has 0 N–H and O–H groups in total. The highest BCUT2D eigenvalue weighted by atomic mass is 16.6. The van der Waals surface area contributed by atoms with E-state index < -0.39 is 17.4 Å². The van der Waals surface area contributed by atoms with E-state index in [0.717, 1.165) is 0 Å². The molecule has 0 aromatic carbocycles. The quantitative estimate of drug-likeness (QED) is 0.520. The van der Waals surface area contributed by atoms with Crippen molar-refractivity contribution < 1.29 is 19.1 Å². The molecule has 4 heteroatoms. The highest BCUT2D eigenvalue weighted by molar-refractivity contribution is 6.00. The number of hydrogen-bond donors (Lipinski definition) is 0. The Bertz CT molecular complexity index is 278. The average Bonchev–Trinajstić information content (AvgIpc) is 2.27. The molecular weight excluding hydrogens is 232 g/mol. The Kier molecular flexibility index (Phi) is 6.96. The number of esters is 2. The maximum absolute atomic E-state index is 12.1. The predicted octanol–water partition coefficient (Wildman–Crippen LogP) is 2.94. The van der Waals surface area contributed by atoms with Crippen LogP contribution in [0.1, 0.15) is 54.4 Å². The molecule has 0 fully saturated rings. The van der Waals surface area contributed by atoms with Crippen molar-refractivity contribution in [3.05, 3.63) is 0 Å². The zero-order valence-corrected chi connectivity index (χ0v) is 12.4. The fourth-order valence-electron chi connectivity index (χ4n) is 1.62. The third kappa shape index (κ3) is 4.31. The first-order valence-electron chi connectivity index (χ1n) is 6.68. The first kappa shape index (κ1) is 16.9. The van der Waals surface area contributed by atoms with Gasteiger partial charge in [-0.1, -0.05) is 27.7 Å². The lowest BCUT2D eigenvalue weighted by Gasteiger charge is -2.28. The lowest BCUT2D eigenvalue weighted by atomic mass is 9.82. The second-order valence-corrected chi connectivity index (χ2v) is 5.24. The van der Waals surface area contributed by atoms with Crippen LogP contribution in [-0.2, 0) is 19.1 Å². The molecule has 0 saturated heterocycles. The molecule has 0 saturated carbocycles. The van der Waals surface area contributed by atoms with Crippen molar-refractivity contribution in [1.29, 1.82) is 0 Å². The van der Waals surface area contributed by atoms with Crippen LogP contribution in [0.25, 0.3) is 0 Å². The summed E-state index contributed by atoms with van der Waals surface area (Å²) in [6.45, 7) is 11.4. The number of carbonyl (C=O) groups is 2. The highest BCUT2D eigenvalue weighted by Gasteiger charge is 2.46. The molecule has 0 aliphatic heterocycles. The molecule has 0 amide bonds. The van der Waals surface area contributed by atoms with Gasteiger partial charge < -0.3 is 9.47 Å². The summed E-state index contributed by atoms with van der Waals surface area (Å²) in [5, 5.41) is 0. The number of rotatable bonds is 7. The Morgan fingerprint density at radius 2 is 1.50 bits per heavy atom. The molecule has 0 aromatic heterocycles. The topological polar surface area (TPSA) is 52.6 Å². The monoisotopic (exact) mass is 258 g/mol. The lowest BCUT2D eigenvalue weighted by molar-refractivity contribution is -0.176. The van der Waals surface area contributed by atoms with E-state index in [2.05, 4.69) is 0 Å². The Hall–Kier alpha value is -1.06. The molecular formula is C14H26O4. The zero-order chi connectivity index (χ0) is 14.3. The second-order valence-electron chi connectivity index (χ2n) is 5.24. The predicted molar refractivity (Wildman–Crippen MR) is 70.0 cm³/mol. The van der Waals surface area contributed by atoms with E-state index in [1.54, 1.807) is 13.8 Å². The molecule has 0 unspecified atom stereocenters. The van der Waals surface area contributed by atoms with Gasteiger partial charge in [-0.3, -0.25) is 9.59 Å². The fraction of sp³-hybridized carbons (Fsp3) is 0.857. The van der Waals surface area contributed by atoms with Gasteiger partial charge in [0, 0.05) is 0 Å². The molecule has 0 aromatic rings. The summed E-state index contributed by atoms with van der Waals surface area (Å²) in [6.07, 6.45) is 0.561. The first-order valence-corrected chi connectivity index (χ1v) is 6.68. The van der Waals surface area contributed by atoms with Gasteiger partial charge in [0.15, 0.2) is 5.41 Å². The van der Waals surface area contributed by atoms with Crippen LogP contribution in [0.3, 0.4) is 0 Å². The Labute approximate surface area is 110 Å². The minimum atomic E-state index is -1.15. The smallest absolute Gasteiger partial charge is 0.323 e. The zero-order valence-electron chi connectivity index (χ0n) is 12.4. The van der Waals surface area contributed by atoms with Crippen LogP contribution in [0.15, 0.2) is 0 Å². The summed E-state index contributed by atoms with van der Waals surface area (Å²) in [7, 11) is 0. The molecule has 0 bridgehead atoms. The second kappa shape index (κ2) is 7.39.